The first-order valence-electron chi connectivity index (χ1n) is 6.31. The van der Waals surface area contributed by atoms with E-state index in [4.69, 9.17) is 10.5 Å². The highest BCUT2D eigenvalue weighted by Gasteiger charge is 2.14. The monoisotopic (exact) mass is 309 g/mol. The van der Waals surface area contributed by atoms with Gasteiger partial charge in [-0.05, 0) is 43.3 Å². The molecular formula is C15H16FNO3S. The average molecular weight is 309 g/mol. The number of hydrogen-bond donors (Lipinski definition) is 1. The average Bonchev–Trinajstić information content (AvgIpc) is 2.38. The highest BCUT2D eigenvalue weighted by atomic mass is 32.2. The van der Waals surface area contributed by atoms with E-state index < -0.39 is 21.7 Å². The van der Waals surface area contributed by atoms with Crippen molar-refractivity contribution >= 4 is 9.84 Å². The van der Waals surface area contributed by atoms with Gasteiger partial charge in [0.05, 0.1) is 4.90 Å². The van der Waals surface area contributed by atoms with Crippen LogP contribution in [0, 0.1) is 5.82 Å². The summed E-state index contributed by atoms with van der Waals surface area (Å²) < 4.78 is 42.2. The van der Waals surface area contributed by atoms with Gasteiger partial charge in [-0.25, -0.2) is 12.8 Å². The van der Waals surface area contributed by atoms with Crippen LogP contribution in [0.1, 0.15) is 18.5 Å². The number of ether oxygens (including phenoxy) is 1. The van der Waals surface area contributed by atoms with Crippen LogP contribution >= 0.6 is 0 Å². The van der Waals surface area contributed by atoms with E-state index in [9.17, 15) is 12.8 Å². The summed E-state index contributed by atoms with van der Waals surface area (Å²) in [7, 11) is -3.26. The van der Waals surface area contributed by atoms with E-state index >= 15 is 0 Å². The molecule has 2 N–H and O–H groups in total. The molecule has 112 valence electrons. The number of benzene rings is 2. The highest BCUT2D eigenvalue weighted by molar-refractivity contribution is 7.90. The second kappa shape index (κ2) is 5.83. The van der Waals surface area contributed by atoms with Crippen molar-refractivity contribution in [1.82, 2.24) is 0 Å². The van der Waals surface area contributed by atoms with Crippen molar-refractivity contribution in [2.45, 2.75) is 17.9 Å². The van der Waals surface area contributed by atoms with Crippen LogP contribution in [0.4, 0.5) is 4.39 Å². The van der Waals surface area contributed by atoms with E-state index in [-0.39, 0.29) is 10.5 Å². The normalized spacial score (nSPS) is 13.0. The number of hydrogen-bond acceptors (Lipinski definition) is 4. The lowest BCUT2D eigenvalue weighted by Gasteiger charge is -2.14. The summed E-state index contributed by atoms with van der Waals surface area (Å²) in [6.07, 6.45) is 1.13. The molecule has 0 bridgehead atoms. The van der Waals surface area contributed by atoms with E-state index in [0.717, 1.165) is 6.26 Å². The fourth-order valence-corrected chi connectivity index (χ4v) is 2.56. The Morgan fingerprint density at radius 2 is 1.76 bits per heavy atom. The van der Waals surface area contributed by atoms with Crippen LogP contribution in [0.2, 0.25) is 0 Å². The molecule has 0 aliphatic heterocycles. The molecule has 6 heteroatoms. The zero-order chi connectivity index (χ0) is 15.6. The van der Waals surface area contributed by atoms with Gasteiger partial charge in [-0.1, -0.05) is 6.07 Å². The Balaban J connectivity index is 2.33. The Bertz CT molecular complexity index is 740. The summed E-state index contributed by atoms with van der Waals surface area (Å²) >= 11 is 0. The lowest BCUT2D eigenvalue weighted by Crippen LogP contribution is -2.09. The molecule has 0 aliphatic carbocycles. The molecule has 2 aromatic carbocycles. The van der Waals surface area contributed by atoms with Gasteiger partial charge in [-0.3, -0.25) is 0 Å². The van der Waals surface area contributed by atoms with Gasteiger partial charge in [0.1, 0.15) is 17.3 Å². The minimum atomic E-state index is -3.26. The minimum absolute atomic E-state index is 0.196. The van der Waals surface area contributed by atoms with Crippen LogP contribution in [0.5, 0.6) is 11.5 Å². The first-order valence-corrected chi connectivity index (χ1v) is 8.20. The quantitative estimate of drug-likeness (QED) is 0.942. The van der Waals surface area contributed by atoms with Gasteiger partial charge in [0.2, 0.25) is 0 Å². The lowest BCUT2D eigenvalue weighted by molar-refractivity contribution is 0.460. The van der Waals surface area contributed by atoms with Crippen molar-refractivity contribution in [1.29, 1.82) is 0 Å². The molecule has 0 aliphatic rings. The summed E-state index contributed by atoms with van der Waals surface area (Å²) in [6, 6.07) is 9.87. The molecule has 0 amide bonds. The number of sulfone groups is 1. The van der Waals surface area contributed by atoms with Gasteiger partial charge in [-0.15, -0.1) is 0 Å². The smallest absolute Gasteiger partial charge is 0.175 e. The summed E-state index contributed by atoms with van der Waals surface area (Å²) in [5, 5.41) is 0. The van der Waals surface area contributed by atoms with E-state index in [1.165, 1.54) is 36.4 Å². The second-order valence-corrected chi connectivity index (χ2v) is 6.80. The third-order valence-corrected chi connectivity index (χ3v) is 4.08. The fourth-order valence-electron chi connectivity index (χ4n) is 1.93. The van der Waals surface area contributed by atoms with Crippen molar-refractivity contribution in [2.75, 3.05) is 6.26 Å². The Morgan fingerprint density at radius 1 is 1.14 bits per heavy atom. The van der Waals surface area contributed by atoms with Gasteiger partial charge in [0.25, 0.3) is 0 Å². The zero-order valence-electron chi connectivity index (χ0n) is 11.7. The lowest BCUT2D eigenvalue weighted by atomic mass is 10.1. The van der Waals surface area contributed by atoms with E-state index in [2.05, 4.69) is 0 Å². The largest absolute Gasteiger partial charge is 0.457 e. The second-order valence-electron chi connectivity index (χ2n) is 4.79. The minimum Gasteiger partial charge on any atom is -0.457 e. The first-order chi connectivity index (χ1) is 9.79. The molecule has 4 nitrogen and oxygen atoms in total. The first kappa shape index (κ1) is 15.5. The van der Waals surface area contributed by atoms with Crippen LogP contribution in [0.15, 0.2) is 47.4 Å². The number of rotatable bonds is 4. The zero-order valence-corrected chi connectivity index (χ0v) is 12.5. The number of nitrogens with two attached hydrogens (primary N) is 1. The van der Waals surface area contributed by atoms with Crippen LogP contribution in [0.3, 0.4) is 0 Å². The Kier molecular flexibility index (Phi) is 4.29. The van der Waals surface area contributed by atoms with E-state index in [1.807, 2.05) is 0 Å². The predicted molar refractivity (Wildman–Crippen MR) is 78.6 cm³/mol. The predicted octanol–water partition coefficient (Wildman–Crippen LogP) is 3.04. The van der Waals surface area contributed by atoms with Gasteiger partial charge in [0, 0.05) is 17.9 Å². The van der Waals surface area contributed by atoms with Gasteiger partial charge >= 0.3 is 0 Å². The van der Waals surface area contributed by atoms with Crippen molar-refractivity contribution in [3.05, 3.63) is 53.8 Å². The SMILES string of the molecule is C[C@H](N)c1c(F)cccc1Oc1ccc(S(C)(=O)=O)cc1. The van der Waals surface area contributed by atoms with Gasteiger partial charge in [0.15, 0.2) is 9.84 Å². The maximum absolute atomic E-state index is 13.8. The molecule has 1 atom stereocenters. The third kappa shape index (κ3) is 3.59. The molecule has 0 saturated carbocycles. The standard InChI is InChI=1S/C15H16FNO3S/c1-10(17)15-13(16)4-3-5-14(15)20-11-6-8-12(9-7-11)21(2,18)19/h3-10H,17H2,1-2H3/t10-/m0/s1. The summed E-state index contributed by atoms with van der Waals surface area (Å²) in [5.74, 6) is 0.294. The summed E-state index contributed by atoms with van der Waals surface area (Å²) in [6.45, 7) is 1.66. The maximum atomic E-state index is 13.8. The Hall–Kier alpha value is -1.92. The molecule has 2 rings (SSSR count). The molecule has 0 saturated heterocycles. The van der Waals surface area contributed by atoms with E-state index in [0.29, 0.717) is 11.5 Å². The third-order valence-electron chi connectivity index (χ3n) is 2.95. The molecule has 0 spiro atoms. The van der Waals surface area contributed by atoms with Crippen LogP contribution in [-0.2, 0) is 9.84 Å². The molecule has 0 fully saturated rings. The number of halogens is 1. The van der Waals surface area contributed by atoms with Crippen LogP contribution in [0.25, 0.3) is 0 Å². The fraction of sp³-hybridized carbons (Fsp3) is 0.200. The molecular weight excluding hydrogens is 293 g/mol. The highest BCUT2D eigenvalue weighted by Crippen LogP contribution is 2.31. The van der Waals surface area contributed by atoms with Crippen molar-refractivity contribution in [3.8, 4) is 11.5 Å². The molecule has 0 radical (unpaired) electrons. The molecule has 21 heavy (non-hydrogen) atoms. The molecule has 0 aromatic heterocycles. The topological polar surface area (TPSA) is 69.4 Å². The van der Waals surface area contributed by atoms with Gasteiger partial charge < -0.3 is 10.5 Å². The Labute approximate surface area is 123 Å². The molecule has 0 unspecified atom stereocenters. The van der Waals surface area contributed by atoms with Gasteiger partial charge in [-0.2, -0.15) is 0 Å². The summed E-state index contributed by atoms with van der Waals surface area (Å²) in [4.78, 5) is 0.196. The van der Waals surface area contributed by atoms with Crippen molar-refractivity contribution in [2.24, 2.45) is 5.73 Å². The van der Waals surface area contributed by atoms with Crippen molar-refractivity contribution in [3.63, 3.8) is 0 Å². The molecule has 2 aromatic rings. The Morgan fingerprint density at radius 3 is 2.29 bits per heavy atom. The summed E-state index contributed by atoms with van der Waals surface area (Å²) in [5.41, 5.74) is 6.03. The molecule has 0 heterocycles. The van der Waals surface area contributed by atoms with E-state index in [1.54, 1.807) is 13.0 Å². The van der Waals surface area contributed by atoms with Crippen LogP contribution in [-0.4, -0.2) is 14.7 Å². The van der Waals surface area contributed by atoms with Crippen LogP contribution < -0.4 is 10.5 Å². The van der Waals surface area contributed by atoms with Crippen molar-refractivity contribution < 1.29 is 17.5 Å². The maximum Gasteiger partial charge on any atom is 0.175 e.